The lowest BCUT2D eigenvalue weighted by molar-refractivity contribution is -0.146. The van der Waals surface area contributed by atoms with Crippen molar-refractivity contribution in [3.63, 3.8) is 0 Å². The molecule has 0 aromatic heterocycles. The molecule has 0 spiro atoms. The molecule has 4 nitrogen and oxygen atoms in total. The minimum atomic E-state index is -0.333. The van der Waals surface area contributed by atoms with Crippen molar-refractivity contribution in [2.45, 2.75) is 44.9 Å². The fraction of sp³-hybridized carbons (Fsp3) is 0.600. The van der Waals surface area contributed by atoms with Crippen molar-refractivity contribution < 1.29 is 14.0 Å². The summed E-state index contributed by atoms with van der Waals surface area (Å²) in [5, 5.41) is 5.73. The van der Waals surface area contributed by atoms with Gasteiger partial charge < -0.3 is 10.6 Å². The molecule has 4 aliphatic carbocycles. The number of amides is 2. The maximum absolute atomic E-state index is 12.9. The Labute approximate surface area is 147 Å². The number of carbonyl (C=O) groups excluding carboxylic acids is 2. The second kappa shape index (κ2) is 6.43. The van der Waals surface area contributed by atoms with Crippen molar-refractivity contribution in [1.29, 1.82) is 0 Å². The molecule has 0 heterocycles. The first-order valence-corrected chi connectivity index (χ1v) is 9.36. The van der Waals surface area contributed by atoms with Crippen LogP contribution < -0.4 is 10.6 Å². The van der Waals surface area contributed by atoms with Gasteiger partial charge in [0.15, 0.2) is 0 Å². The molecule has 4 bridgehead atoms. The molecular formula is C20H25FN2O2. The van der Waals surface area contributed by atoms with E-state index >= 15 is 0 Å². The van der Waals surface area contributed by atoms with Crippen LogP contribution in [-0.4, -0.2) is 18.4 Å². The predicted molar refractivity (Wildman–Crippen MR) is 93.3 cm³/mol. The summed E-state index contributed by atoms with van der Waals surface area (Å²) in [6.07, 6.45) is 7.27. The summed E-state index contributed by atoms with van der Waals surface area (Å²) >= 11 is 0. The van der Waals surface area contributed by atoms with E-state index in [-0.39, 0.29) is 29.5 Å². The SMILES string of the molecule is O=C(CCNC(=O)C12CC3CC(CC(C3)C1)C2)Nc1ccc(F)cc1. The number of anilines is 1. The first kappa shape index (κ1) is 16.6. The third kappa shape index (κ3) is 3.42. The first-order valence-electron chi connectivity index (χ1n) is 9.36. The molecule has 2 amide bonds. The van der Waals surface area contributed by atoms with Crippen LogP contribution in [0.1, 0.15) is 44.9 Å². The van der Waals surface area contributed by atoms with E-state index in [9.17, 15) is 14.0 Å². The molecule has 25 heavy (non-hydrogen) atoms. The second-order valence-corrected chi connectivity index (χ2v) is 8.26. The summed E-state index contributed by atoms with van der Waals surface area (Å²) in [7, 11) is 0. The Hall–Kier alpha value is -1.91. The average molecular weight is 344 g/mol. The van der Waals surface area contributed by atoms with E-state index < -0.39 is 0 Å². The van der Waals surface area contributed by atoms with E-state index in [0.29, 0.717) is 12.2 Å². The topological polar surface area (TPSA) is 58.2 Å². The highest BCUT2D eigenvalue weighted by molar-refractivity contribution is 5.91. The highest BCUT2D eigenvalue weighted by atomic mass is 19.1. The lowest BCUT2D eigenvalue weighted by atomic mass is 9.49. The zero-order chi connectivity index (χ0) is 17.4. The summed E-state index contributed by atoms with van der Waals surface area (Å²) in [5.74, 6) is 1.86. The summed E-state index contributed by atoms with van der Waals surface area (Å²) in [4.78, 5) is 24.8. The largest absolute Gasteiger partial charge is 0.355 e. The van der Waals surface area contributed by atoms with Gasteiger partial charge in [0.05, 0.1) is 0 Å². The summed E-state index contributed by atoms with van der Waals surface area (Å²) < 4.78 is 12.9. The molecular weight excluding hydrogens is 319 g/mol. The van der Waals surface area contributed by atoms with Crippen molar-refractivity contribution in [3.05, 3.63) is 30.1 Å². The maximum Gasteiger partial charge on any atom is 0.226 e. The highest BCUT2D eigenvalue weighted by Gasteiger charge is 2.54. The maximum atomic E-state index is 12.9. The van der Waals surface area contributed by atoms with E-state index in [0.717, 1.165) is 37.0 Å². The Kier molecular flexibility index (Phi) is 4.26. The molecule has 2 N–H and O–H groups in total. The molecule has 0 aliphatic heterocycles. The Morgan fingerprint density at radius 2 is 1.56 bits per heavy atom. The smallest absolute Gasteiger partial charge is 0.226 e. The molecule has 0 radical (unpaired) electrons. The molecule has 4 fully saturated rings. The van der Waals surface area contributed by atoms with Crippen LogP contribution in [0.4, 0.5) is 10.1 Å². The number of nitrogens with one attached hydrogen (secondary N) is 2. The fourth-order valence-electron chi connectivity index (χ4n) is 5.62. The number of carbonyl (C=O) groups is 2. The summed E-state index contributed by atoms with van der Waals surface area (Å²) in [5.41, 5.74) is 0.404. The van der Waals surface area contributed by atoms with Crippen molar-refractivity contribution in [2.24, 2.45) is 23.2 Å². The van der Waals surface area contributed by atoms with E-state index in [2.05, 4.69) is 10.6 Å². The van der Waals surface area contributed by atoms with Crippen LogP contribution >= 0.6 is 0 Å². The van der Waals surface area contributed by atoms with E-state index in [1.54, 1.807) is 0 Å². The van der Waals surface area contributed by atoms with Crippen LogP contribution in [0.25, 0.3) is 0 Å². The second-order valence-electron chi connectivity index (χ2n) is 8.26. The molecule has 0 saturated heterocycles. The number of benzene rings is 1. The number of hydrogen-bond acceptors (Lipinski definition) is 2. The normalized spacial score (nSPS) is 32.4. The third-order valence-electron chi connectivity index (χ3n) is 6.29. The van der Waals surface area contributed by atoms with Crippen LogP contribution in [0.3, 0.4) is 0 Å². The summed E-state index contributed by atoms with van der Waals surface area (Å²) in [6, 6.07) is 5.68. The monoisotopic (exact) mass is 344 g/mol. The van der Waals surface area contributed by atoms with Gasteiger partial charge in [-0.2, -0.15) is 0 Å². The van der Waals surface area contributed by atoms with Crippen LogP contribution in [0, 0.1) is 29.0 Å². The van der Waals surface area contributed by atoms with Gasteiger partial charge in [0, 0.05) is 24.1 Å². The summed E-state index contributed by atoms with van der Waals surface area (Å²) in [6.45, 7) is 0.355. The minimum absolute atomic E-state index is 0.154. The number of rotatable bonds is 5. The van der Waals surface area contributed by atoms with Gasteiger partial charge in [-0.25, -0.2) is 4.39 Å². The Morgan fingerprint density at radius 3 is 2.12 bits per heavy atom. The molecule has 0 atom stereocenters. The molecule has 5 rings (SSSR count). The van der Waals surface area contributed by atoms with Crippen molar-refractivity contribution in [3.8, 4) is 0 Å². The average Bonchev–Trinajstić information content (AvgIpc) is 2.55. The predicted octanol–water partition coefficient (Wildman–Crippen LogP) is 3.49. The molecule has 0 unspecified atom stereocenters. The Balaban J connectivity index is 1.26. The van der Waals surface area contributed by atoms with E-state index in [1.165, 1.54) is 43.5 Å². The fourth-order valence-corrected chi connectivity index (χ4v) is 5.62. The first-order chi connectivity index (χ1) is 12.0. The number of halogens is 1. The lowest BCUT2D eigenvalue weighted by Crippen LogP contribution is -2.53. The van der Waals surface area contributed by atoms with Crippen LogP contribution in [-0.2, 0) is 9.59 Å². The molecule has 4 aliphatic rings. The van der Waals surface area contributed by atoms with Gasteiger partial charge in [-0.05, 0) is 80.5 Å². The zero-order valence-corrected chi connectivity index (χ0v) is 14.4. The van der Waals surface area contributed by atoms with Crippen LogP contribution in [0.2, 0.25) is 0 Å². The zero-order valence-electron chi connectivity index (χ0n) is 14.4. The quantitative estimate of drug-likeness (QED) is 0.859. The lowest BCUT2D eigenvalue weighted by Gasteiger charge is -2.55. The Bertz CT molecular complexity index is 635. The van der Waals surface area contributed by atoms with Gasteiger partial charge in [0.25, 0.3) is 0 Å². The van der Waals surface area contributed by atoms with Crippen molar-refractivity contribution >= 4 is 17.5 Å². The van der Waals surface area contributed by atoms with Gasteiger partial charge in [0.1, 0.15) is 5.82 Å². The van der Waals surface area contributed by atoms with Crippen molar-refractivity contribution in [1.82, 2.24) is 5.32 Å². The molecule has 1 aromatic carbocycles. The van der Waals surface area contributed by atoms with E-state index in [4.69, 9.17) is 0 Å². The third-order valence-corrected chi connectivity index (χ3v) is 6.29. The van der Waals surface area contributed by atoms with Crippen LogP contribution in [0.5, 0.6) is 0 Å². The van der Waals surface area contributed by atoms with Gasteiger partial charge in [-0.1, -0.05) is 0 Å². The molecule has 4 saturated carbocycles. The molecule has 134 valence electrons. The minimum Gasteiger partial charge on any atom is -0.355 e. The highest BCUT2D eigenvalue weighted by Crippen LogP contribution is 2.60. The van der Waals surface area contributed by atoms with Crippen LogP contribution in [0.15, 0.2) is 24.3 Å². The van der Waals surface area contributed by atoms with Gasteiger partial charge in [0.2, 0.25) is 11.8 Å². The van der Waals surface area contributed by atoms with E-state index in [1.807, 2.05) is 0 Å². The van der Waals surface area contributed by atoms with Crippen molar-refractivity contribution in [2.75, 3.05) is 11.9 Å². The van der Waals surface area contributed by atoms with Gasteiger partial charge in [-0.15, -0.1) is 0 Å². The van der Waals surface area contributed by atoms with Gasteiger partial charge in [-0.3, -0.25) is 9.59 Å². The number of hydrogen-bond donors (Lipinski definition) is 2. The van der Waals surface area contributed by atoms with Gasteiger partial charge >= 0.3 is 0 Å². The standard InChI is InChI=1S/C20H25FN2O2/c21-16-1-3-17(4-2-16)23-18(24)5-6-22-19(25)20-10-13-7-14(11-20)9-15(8-13)12-20/h1-4,13-15H,5-12H2,(H,22,25)(H,23,24). The molecule has 1 aromatic rings. The molecule has 5 heteroatoms. The Morgan fingerprint density at radius 1 is 1.00 bits per heavy atom.